The van der Waals surface area contributed by atoms with E-state index in [0.29, 0.717) is 25.0 Å². The third-order valence-corrected chi connectivity index (χ3v) is 7.03. The van der Waals surface area contributed by atoms with Gasteiger partial charge in [-0.25, -0.2) is 0 Å². The van der Waals surface area contributed by atoms with Gasteiger partial charge in [0.05, 0.1) is 6.04 Å². The van der Waals surface area contributed by atoms with Crippen molar-refractivity contribution in [3.63, 3.8) is 0 Å². The van der Waals surface area contributed by atoms with Crippen LogP contribution >= 0.6 is 0 Å². The number of amides is 2. The van der Waals surface area contributed by atoms with Crippen LogP contribution in [0.5, 0.6) is 0 Å². The standard InChI is InChI=1S/C25H37N3O2/c1-25(2,3)20-10-8-19(9-11-20)24(30)28-16-14-27(15-17-28)22(18-6-4-5-7-18)23(29)26-21-12-13-21/h8-11,18,21-22H,4-7,12-17H2,1-3H3,(H,26,29)/t22-/m1/s1. The molecule has 164 valence electrons. The Kier molecular flexibility index (Phi) is 6.19. The number of benzene rings is 1. The van der Waals surface area contributed by atoms with E-state index in [0.717, 1.165) is 44.3 Å². The summed E-state index contributed by atoms with van der Waals surface area (Å²) in [5.41, 5.74) is 2.09. The fraction of sp³-hybridized carbons (Fsp3) is 0.680. The van der Waals surface area contributed by atoms with Crippen LogP contribution in [-0.4, -0.2) is 59.9 Å². The zero-order valence-corrected chi connectivity index (χ0v) is 18.8. The zero-order chi connectivity index (χ0) is 21.3. The predicted molar refractivity (Wildman–Crippen MR) is 120 cm³/mol. The van der Waals surface area contributed by atoms with E-state index in [1.807, 2.05) is 17.0 Å². The topological polar surface area (TPSA) is 52.7 Å². The van der Waals surface area contributed by atoms with Crippen molar-refractivity contribution >= 4 is 11.8 Å². The lowest BCUT2D eigenvalue weighted by atomic mass is 9.86. The highest BCUT2D eigenvalue weighted by atomic mass is 16.2. The molecule has 1 atom stereocenters. The van der Waals surface area contributed by atoms with E-state index in [-0.39, 0.29) is 23.3 Å². The Hall–Kier alpha value is -1.88. The van der Waals surface area contributed by atoms with E-state index in [4.69, 9.17) is 0 Å². The summed E-state index contributed by atoms with van der Waals surface area (Å²) in [6, 6.07) is 8.44. The monoisotopic (exact) mass is 411 g/mol. The number of hydrogen-bond donors (Lipinski definition) is 1. The van der Waals surface area contributed by atoms with Gasteiger partial charge in [-0.3, -0.25) is 14.5 Å². The molecule has 1 heterocycles. The molecule has 0 unspecified atom stereocenters. The minimum absolute atomic E-state index is 0.0172. The quantitative estimate of drug-likeness (QED) is 0.806. The Morgan fingerprint density at radius 1 is 0.933 bits per heavy atom. The molecular weight excluding hydrogens is 374 g/mol. The van der Waals surface area contributed by atoms with Gasteiger partial charge in [-0.15, -0.1) is 0 Å². The highest BCUT2D eigenvalue weighted by Crippen LogP contribution is 2.32. The van der Waals surface area contributed by atoms with Crippen LogP contribution in [0.3, 0.4) is 0 Å². The first-order valence-electron chi connectivity index (χ1n) is 11.8. The fourth-order valence-electron chi connectivity index (χ4n) is 4.96. The lowest BCUT2D eigenvalue weighted by molar-refractivity contribution is -0.129. The largest absolute Gasteiger partial charge is 0.352 e. The summed E-state index contributed by atoms with van der Waals surface area (Å²) >= 11 is 0. The van der Waals surface area contributed by atoms with Crippen LogP contribution in [-0.2, 0) is 10.2 Å². The van der Waals surface area contributed by atoms with Gasteiger partial charge in [0.1, 0.15) is 0 Å². The van der Waals surface area contributed by atoms with Crippen LogP contribution in [0, 0.1) is 5.92 Å². The van der Waals surface area contributed by atoms with Crippen LogP contribution < -0.4 is 5.32 Å². The smallest absolute Gasteiger partial charge is 0.253 e. The molecule has 1 aromatic carbocycles. The third-order valence-electron chi connectivity index (χ3n) is 7.03. The van der Waals surface area contributed by atoms with Gasteiger partial charge in [0.2, 0.25) is 5.91 Å². The van der Waals surface area contributed by atoms with Gasteiger partial charge >= 0.3 is 0 Å². The second-order valence-electron chi connectivity index (χ2n) is 10.4. The Labute approximate surface area is 181 Å². The second-order valence-corrected chi connectivity index (χ2v) is 10.4. The van der Waals surface area contributed by atoms with Gasteiger partial charge in [-0.1, -0.05) is 45.7 Å². The van der Waals surface area contributed by atoms with Gasteiger partial charge in [0.25, 0.3) is 5.91 Å². The molecule has 2 aliphatic carbocycles. The average Bonchev–Trinajstić information content (AvgIpc) is 3.38. The number of piperazine rings is 1. The zero-order valence-electron chi connectivity index (χ0n) is 18.8. The van der Waals surface area contributed by atoms with E-state index >= 15 is 0 Å². The van der Waals surface area contributed by atoms with Crippen LogP contribution in [0.4, 0.5) is 0 Å². The van der Waals surface area contributed by atoms with Gasteiger partial charge in [-0.05, 0) is 54.7 Å². The Bertz CT molecular complexity index is 750. The molecule has 3 fully saturated rings. The van der Waals surface area contributed by atoms with Gasteiger partial charge < -0.3 is 10.2 Å². The van der Waals surface area contributed by atoms with Crippen molar-refractivity contribution in [3.8, 4) is 0 Å². The highest BCUT2D eigenvalue weighted by molar-refractivity contribution is 5.94. The maximum atomic E-state index is 13.0. The molecule has 2 saturated carbocycles. The Balaban J connectivity index is 1.37. The van der Waals surface area contributed by atoms with Crippen LogP contribution in [0.25, 0.3) is 0 Å². The summed E-state index contributed by atoms with van der Waals surface area (Å²) < 4.78 is 0. The molecule has 30 heavy (non-hydrogen) atoms. The van der Waals surface area contributed by atoms with Crippen molar-refractivity contribution in [2.24, 2.45) is 5.92 Å². The molecule has 0 radical (unpaired) electrons. The molecule has 0 bridgehead atoms. The first-order valence-corrected chi connectivity index (χ1v) is 11.8. The highest BCUT2D eigenvalue weighted by Gasteiger charge is 2.39. The van der Waals surface area contributed by atoms with Crippen LogP contribution in [0.1, 0.15) is 75.2 Å². The number of carbonyl (C=O) groups excluding carboxylic acids is 2. The molecule has 0 aromatic heterocycles. The number of hydrogen-bond acceptors (Lipinski definition) is 3. The van der Waals surface area contributed by atoms with Crippen LogP contribution in [0.15, 0.2) is 24.3 Å². The van der Waals surface area contributed by atoms with E-state index in [1.54, 1.807) is 0 Å². The molecule has 1 aliphatic heterocycles. The summed E-state index contributed by atoms with van der Waals surface area (Å²) in [6.07, 6.45) is 7.03. The first kappa shape index (κ1) is 21.4. The van der Waals surface area contributed by atoms with E-state index < -0.39 is 0 Å². The Morgan fingerprint density at radius 3 is 2.07 bits per heavy atom. The SMILES string of the molecule is CC(C)(C)c1ccc(C(=O)N2CCN([C@@H](C(=O)NC3CC3)C3CCCC3)CC2)cc1. The molecule has 4 rings (SSSR count). The summed E-state index contributed by atoms with van der Waals surface area (Å²) in [5.74, 6) is 0.799. The fourth-order valence-corrected chi connectivity index (χ4v) is 4.96. The molecular formula is C25H37N3O2. The normalized spacial score (nSPS) is 22.2. The van der Waals surface area contributed by atoms with Gasteiger partial charge in [-0.2, -0.15) is 0 Å². The molecule has 2 amide bonds. The molecule has 5 nitrogen and oxygen atoms in total. The Morgan fingerprint density at radius 2 is 1.53 bits per heavy atom. The summed E-state index contributed by atoms with van der Waals surface area (Å²) in [4.78, 5) is 30.3. The van der Waals surface area contributed by atoms with Crippen molar-refractivity contribution in [2.75, 3.05) is 26.2 Å². The molecule has 0 spiro atoms. The molecule has 1 aromatic rings. The minimum atomic E-state index is -0.0172. The average molecular weight is 412 g/mol. The molecule has 5 heteroatoms. The summed E-state index contributed by atoms with van der Waals surface area (Å²) in [6.45, 7) is 9.51. The van der Waals surface area contributed by atoms with E-state index in [1.165, 1.54) is 18.4 Å². The summed E-state index contributed by atoms with van der Waals surface area (Å²) in [5, 5.41) is 3.24. The van der Waals surface area contributed by atoms with E-state index in [9.17, 15) is 9.59 Å². The number of rotatable bonds is 5. The van der Waals surface area contributed by atoms with Crippen molar-refractivity contribution < 1.29 is 9.59 Å². The number of nitrogens with one attached hydrogen (secondary N) is 1. The number of nitrogens with zero attached hydrogens (tertiary/aromatic N) is 2. The molecule has 3 aliphatic rings. The maximum absolute atomic E-state index is 13.0. The second kappa shape index (κ2) is 8.70. The van der Waals surface area contributed by atoms with Crippen molar-refractivity contribution in [1.29, 1.82) is 0 Å². The van der Waals surface area contributed by atoms with Crippen molar-refractivity contribution in [2.45, 2.75) is 76.8 Å². The van der Waals surface area contributed by atoms with Gasteiger partial charge in [0, 0.05) is 37.8 Å². The lowest BCUT2D eigenvalue weighted by Gasteiger charge is -2.40. The number of carbonyl (C=O) groups is 2. The summed E-state index contributed by atoms with van der Waals surface area (Å²) in [7, 11) is 0. The van der Waals surface area contributed by atoms with Crippen molar-refractivity contribution in [3.05, 3.63) is 35.4 Å². The maximum Gasteiger partial charge on any atom is 0.253 e. The first-order chi connectivity index (χ1) is 14.3. The molecule has 1 saturated heterocycles. The van der Waals surface area contributed by atoms with E-state index in [2.05, 4.69) is 43.1 Å². The van der Waals surface area contributed by atoms with Crippen molar-refractivity contribution in [1.82, 2.24) is 15.1 Å². The molecule has 1 N–H and O–H groups in total. The minimum Gasteiger partial charge on any atom is -0.352 e. The third kappa shape index (κ3) is 4.88. The lowest BCUT2D eigenvalue weighted by Crippen LogP contribution is -2.58. The predicted octanol–water partition coefficient (Wildman–Crippen LogP) is 3.58. The van der Waals surface area contributed by atoms with Gasteiger partial charge in [0.15, 0.2) is 0 Å². The van der Waals surface area contributed by atoms with Crippen LogP contribution in [0.2, 0.25) is 0 Å².